The summed E-state index contributed by atoms with van der Waals surface area (Å²) in [4.78, 5) is 0. The molecule has 18 heavy (non-hydrogen) atoms. The van der Waals surface area contributed by atoms with E-state index in [2.05, 4.69) is 19.1 Å². The molecule has 0 radical (unpaired) electrons. The van der Waals surface area contributed by atoms with Crippen molar-refractivity contribution in [3.8, 4) is 5.75 Å². The Hall–Kier alpha value is -1.80. The van der Waals surface area contributed by atoms with Gasteiger partial charge in [0.15, 0.2) is 0 Å². The van der Waals surface area contributed by atoms with E-state index in [-0.39, 0.29) is 0 Å². The van der Waals surface area contributed by atoms with Crippen molar-refractivity contribution in [1.82, 2.24) is 0 Å². The Morgan fingerprint density at radius 3 is 2.17 bits per heavy atom. The number of rotatable bonds is 5. The van der Waals surface area contributed by atoms with Crippen molar-refractivity contribution in [3.05, 3.63) is 65.2 Å². The molecule has 2 aromatic carbocycles. The predicted molar refractivity (Wildman–Crippen MR) is 74.5 cm³/mol. The molecule has 0 bridgehead atoms. The van der Waals surface area contributed by atoms with E-state index in [1.165, 1.54) is 5.56 Å². The Labute approximate surface area is 108 Å². The summed E-state index contributed by atoms with van der Waals surface area (Å²) in [5.41, 5.74) is 9.26. The summed E-state index contributed by atoms with van der Waals surface area (Å²) < 4.78 is 5.90. The summed E-state index contributed by atoms with van der Waals surface area (Å²) in [6.45, 7) is 3.26. The van der Waals surface area contributed by atoms with Gasteiger partial charge in [-0.15, -0.1) is 0 Å². The number of benzene rings is 2. The van der Waals surface area contributed by atoms with Gasteiger partial charge in [-0.3, -0.25) is 0 Å². The van der Waals surface area contributed by atoms with Crippen LogP contribution >= 0.6 is 0 Å². The smallest absolute Gasteiger partial charge is 0.122 e. The first-order valence-electron chi connectivity index (χ1n) is 6.32. The number of hydrogen-bond donors (Lipinski definition) is 1. The zero-order valence-corrected chi connectivity index (χ0v) is 10.7. The standard InChI is InChI=1S/C16H19NO/c1-2-13-7-5-6-10-16(13)18-12-15-9-4-3-8-14(15)11-17/h3-10H,2,11-12,17H2,1H3. The summed E-state index contributed by atoms with van der Waals surface area (Å²) in [6.07, 6.45) is 0.981. The molecule has 2 aromatic rings. The van der Waals surface area contributed by atoms with Crippen molar-refractivity contribution in [2.24, 2.45) is 5.73 Å². The Morgan fingerprint density at radius 2 is 1.50 bits per heavy atom. The predicted octanol–water partition coefficient (Wildman–Crippen LogP) is 3.29. The van der Waals surface area contributed by atoms with Gasteiger partial charge < -0.3 is 10.5 Å². The second-order valence-corrected chi connectivity index (χ2v) is 4.22. The molecule has 0 atom stereocenters. The third-order valence-electron chi connectivity index (χ3n) is 3.07. The summed E-state index contributed by atoms with van der Waals surface area (Å²) in [5.74, 6) is 0.965. The maximum atomic E-state index is 5.90. The molecule has 0 unspecified atom stereocenters. The van der Waals surface area contributed by atoms with Gasteiger partial charge in [0.05, 0.1) is 0 Å². The van der Waals surface area contributed by atoms with Crippen LogP contribution in [0.3, 0.4) is 0 Å². The Kier molecular flexibility index (Phi) is 4.37. The lowest BCUT2D eigenvalue weighted by Gasteiger charge is -2.12. The molecule has 0 aromatic heterocycles. The molecule has 0 spiro atoms. The SMILES string of the molecule is CCc1ccccc1OCc1ccccc1CN. The fourth-order valence-corrected chi connectivity index (χ4v) is 1.99. The van der Waals surface area contributed by atoms with E-state index in [9.17, 15) is 0 Å². The zero-order valence-electron chi connectivity index (χ0n) is 10.7. The fourth-order valence-electron chi connectivity index (χ4n) is 1.99. The van der Waals surface area contributed by atoms with Gasteiger partial charge in [0.25, 0.3) is 0 Å². The third kappa shape index (κ3) is 2.90. The molecule has 0 saturated carbocycles. The van der Waals surface area contributed by atoms with E-state index in [0.717, 1.165) is 23.3 Å². The molecule has 0 fully saturated rings. The fraction of sp³-hybridized carbons (Fsp3) is 0.250. The molecule has 0 aliphatic rings. The second kappa shape index (κ2) is 6.22. The molecule has 0 saturated heterocycles. The molecular formula is C16H19NO. The molecule has 2 heteroatoms. The number of aryl methyl sites for hydroxylation is 1. The van der Waals surface area contributed by atoms with Crippen molar-refractivity contribution in [2.45, 2.75) is 26.5 Å². The van der Waals surface area contributed by atoms with Crippen LogP contribution in [0.2, 0.25) is 0 Å². The topological polar surface area (TPSA) is 35.2 Å². The minimum Gasteiger partial charge on any atom is -0.489 e. The summed E-state index contributed by atoms with van der Waals surface area (Å²) in [6, 6.07) is 16.3. The largest absolute Gasteiger partial charge is 0.489 e. The van der Waals surface area contributed by atoms with E-state index >= 15 is 0 Å². The van der Waals surface area contributed by atoms with Gasteiger partial charge in [-0.05, 0) is 29.2 Å². The van der Waals surface area contributed by atoms with Crippen LogP contribution in [0.15, 0.2) is 48.5 Å². The van der Waals surface area contributed by atoms with Gasteiger partial charge in [-0.25, -0.2) is 0 Å². The second-order valence-electron chi connectivity index (χ2n) is 4.22. The molecule has 2 N–H and O–H groups in total. The average molecular weight is 241 g/mol. The molecule has 2 rings (SSSR count). The van der Waals surface area contributed by atoms with E-state index in [0.29, 0.717) is 13.2 Å². The van der Waals surface area contributed by atoms with Gasteiger partial charge in [-0.1, -0.05) is 49.4 Å². The van der Waals surface area contributed by atoms with E-state index < -0.39 is 0 Å². The van der Waals surface area contributed by atoms with Crippen LogP contribution in [0.25, 0.3) is 0 Å². The zero-order chi connectivity index (χ0) is 12.8. The molecular weight excluding hydrogens is 222 g/mol. The van der Waals surface area contributed by atoms with E-state index in [4.69, 9.17) is 10.5 Å². The first kappa shape index (κ1) is 12.7. The maximum absolute atomic E-state index is 5.90. The van der Waals surface area contributed by atoms with Crippen LogP contribution in [0.1, 0.15) is 23.6 Å². The lowest BCUT2D eigenvalue weighted by molar-refractivity contribution is 0.302. The van der Waals surface area contributed by atoms with Crippen molar-refractivity contribution in [2.75, 3.05) is 0 Å². The Bertz CT molecular complexity index is 460. The van der Waals surface area contributed by atoms with Crippen LogP contribution in [-0.4, -0.2) is 0 Å². The maximum Gasteiger partial charge on any atom is 0.122 e. The molecule has 0 heterocycles. The highest BCUT2D eigenvalue weighted by Crippen LogP contribution is 2.20. The van der Waals surface area contributed by atoms with Gasteiger partial charge in [0, 0.05) is 6.54 Å². The highest BCUT2D eigenvalue weighted by molar-refractivity contribution is 5.34. The minimum atomic E-state index is 0.551. The Morgan fingerprint density at radius 1 is 0.889 bits per heavy atom. The lowest BCUT2D eigenvalue weighted by Crippen LogP contribution is -2.05. The third-order valence-corrected chi connectivity index (χ3v) is 3.07. The van der Waals surface area contributed by atoms with Gasteiger partial charge >= 0.3 is 0 Å². The van der Waals surface area contributed by atoms with Gasteiger partial charge in [-0.2, -0.15) is 0 Å². The van der Waals surface area contributed by atoms with Crippen molar-refractivity contribution < 1.29 is 4.74 Å². The average Bonchev–Trinajstić information content (AvgIpc) is 2.45. The first-order valence-corrected chi connectivity index (χ1v) is 6.32. The number of ether oxygens (including phenoxy) is 1. The van der Waals surface area contributed by atoms with E-state index in [1.54, 1.807) is 0 Å². The van der Waals surface area contributed by atoms with Crippen LogP contribution in [0, 0.1) is 0 Å². The van der Waals surface area contributed by atoms with Crippen LogP contribution in [-0.2, 0) is 19.6 Å². The van der Waals surface area contributed by atoms with Crippen LogP contribution in [0.5, 0.6) is 5.75 Å². The van der Waals surface area contributed by atoms with E-state index in [1.807, 2.05) is 36.4 Å². The lowest BCUT2D eigenvalue weighted by atomic mass is 10.1. The van der Waals surface area contributed by atoms with Crippen LogP contribution in [0.4, 0.5) is 0 Å². The molecule has 0 amide bonds. The van der Waals surface area contributed by atoms with Crippen molar-refractivity contribution in [3.63, 3.8) is 0 Å². The number of hydrogen-bond acceptors (Lipinski definition) is 2. The molecule has 2 nitrogen and oxygen atoms in total. The molecule has 0 aliphatic carbocycles. The highest BCUT2D eigenvalue weighted by Gasteiger charge is 2.03. The van der Waals surface area contributed by atoms with Crippen molar-refractivity contribution >= 4 is 0 Å². The monoisotopic (exact) mass is 241 g/mol. The molecule has 94 valence electrons. The number of para-hydroxylation sites is 1. The summed E-state index contributed by atoms with van der Waals surface area (Å²) in [7, 11) is 0. The van der Waals surface area contributed by atoms with Gasteiger partial charge in [0.2, 0.25) is 0 Å². The van der Waals surface area contributed by atoms with Gasteiger partial charge in [0.1, 0.15) is 12.4 Å². The quantitative estimate of drug-likeness (QED) is 0.871. The number of nitrogens with two attached hydrogens (primary N) is 1. The summed E-state index contributed by atoms with van der Waals surface area (Å²) >= 11 is 0. The Balaban J connectivity index is 2.11. The molecule has 0 aliphatic heterocycles. The normalized spacial score (nSPS) is 10.3. The summed E-state index contributed by atoms with van der Waals surface area (Å²) in [5, 5.41) is 0. The minimum absolute atomic E-state index is 0.551. The first-order chi connectivity index (χ1) is 8.85. The van der Waals surface area contributed by atoms with Crippen LogP contribution < -0.4 is 10.5 Å². The van der Waals surface area contributed by atoms with Crippen molar-refractivity contribution in [1.29, 1.82) is 0 Å². The highest BCUT2D eigenvalue weighted by atomic mass is 16.5.